The van der Waals surface area contributed by atoms with E-state index in [1.165, 1.54) is 7.11 Å². The van der Waals surface area contributed by atoms with Gasteiger partial charge in [0, 0.05) is 6.08 Å². The van der Waals surface area contributed by atoms with E-state index in [-0.39, 0.29) is 0 Å². The van der Waals surface area contributed by atoms with Crippen molar-refractivity contribution in [2.24, 2.45) is 0 Å². The summed E-state index contributed by atoms with van der Waals surface area (Å²) >= 11 is 0. The molecule has 0 N–H and O–H groups in total. The first kappa shape index (κ1) is 15.3. The van der Waals surface area contributed by atoms with Gasteiger partial charge in [0.15, 0.2) is 11.5 Å². The van der Waals surface area contributed by atoms with Gasteiger partial charge in [-0.15, -0.1) is 0 Å². The molecule has 2 aromatic carbocycles. The average molecular weight is 298 g/mol. The summed E-state index contributed by atoms with van der Waals surface area (Å²) < 4.78 is 15.0. The SMILES string of the molecule is C=CC(=O)Oc1ccc(-c2ccc(OC=O)c(OC)c2)cc1. The van der Waals surface area contributed by atoms with Gasteiger partial charge in [0.25, 0.3) is 6.47 Å². The molecule has 0 saturated carbocycles. The number of rotatable bonds is 6. The Morgan fingerprint density at radius 1 is 1.05 bits per heavy atom. The number of benzene rings is 2. The third kappa shape index (κ3) is 3.52. The predicted molar refractivity (Wildman–Crippen MR) is 81.0 cm³/mol. The van der Waals surface area contributed by atoms with Crippen molar-refractivity contribution in [3.8, 4) is 28.4 Å². The van der Waals surface area contributed by atoms with Gasteiger partial charge in [0.05, 0.1) is 7.11 Å². The summed E-state index contributed by atoms with van der Waals surface area (Å²) in [6, 6.07) is 12.2. The van der Waals surface area contributed by atoms with Gasteiger partial charge in [-0.05, 0) is 35.4 Å². The molecule has 0 aromatic heterocycles. The fourth-order valence-electron chi connectivity index (χ4n) is 1.87. The highest BCUT2D eigenvalue weighted by Crippen LogP contribution is 2.32. The van der Waals surface area contributed by atoms with Crippen molar-refractivity contribution in [1.82, 2.24) is 0 Å². The van der Waals surface area contributed by atoms with Crippen molar-refractivity contribution < 1.29 is 23.8 Å². The number of methoxy groups -OCH3 is 1. The van der Waals surface area contributed by atoms with Crippen LogP contribution in [0.15, 0.2) is 55.1 Å². The quantitative estimate of drug-likeness (QED) is 0.355. The molecule has 112 valence electrons. The largest absolute Gasteiger partial charge is 0.493 e. The minimum atomic E-state index is -0.509. The van der Waals surface area contributed by atoms with Gasteiger partial charge in [0.2, 0.25) is 0 Å². The lowest BCUT2D eigenvalue weighted by atomic mass is 10.1. The number of hydrogen-bond acceptors (Lipinski definition) is 5. The third-order valence-corrected chi connectivity index (χ3v) is 2.91. The van der Waals surface area contributed by atoms with E-state index in [2.05, 4.69) is 6.58 Å². The molecule has 22 heavy (non-hydrogen) atoms. The molecule has 0 saturated heterocycles. The highest BCUT2D eigenvalue weighted by Gasteiger charge is 2.08. The molecule has 0 spiro atoms. The molecule has 2 aromatic rings. The minimum Gasteiger partial charge on any atom is -0.493 e. The van der Waals surface area contributed by atoms with Crippen molar-refractivity contribution >= 4 is 12.4 Å². The smallest absolute Gasteiger partial charge is 0.335 e. The zero-order valence-electron chi connectivity index (χ0n) is 11.9. The molecular weight excluding hydrogens is 284 g/mol. The molecule has 5 heteroatoms. The standard InChI is InChI=1S/C17H14O5/c1-3-17(19)22-14-7-4-12(5-8-14)13-6-9-15(21-11-18)16(10-13)20-2/h3-11H,1H2,2H3. The maximum Gasteiger partial charge on any atom is 0.335 e. The molecule has 0 heterocycles. The number of ether oxygens (including phenoxy) is 3. The van der Waals surface area contributed by atoms with Crippen molar-refractivity contribution in [2.75, 3.05) is 7.11 Å². The topological polar surface area (TPSA) is 61.8 Å². The Morgan fingerprint density at radius 2 is 1.73 bits per heavy atom. The number of carbonyl (C=O) groups excluding carboxylic acids is 2. The second-order valence-electron chi connectivity index (χ2n) is 4.23. The number of carbonyl (C=O) groups is 2. The summed E-state index contributed by atoms with van der Waals surface area (Å²) in [7, 11) is 1.49. The van der Waals surface area contributed by atoms with Crippen LogP contribution in [0, 0.1) is 0 Å². The first-order valence-electron chi connectivity index (χ1n) is 6.41. The Bertz CT molecular complexity index is 689. The maximum atomic E-state index is 11.1. The van der Waals surface area contributed by atoms with E-state index in [9.17, 15) is 9.59 Å². The van der Waals surface area contributed by atoms with Crippen LogP contribution >= 0.6 is 0 Å². The molecule has 2 rings (SSSR count). The van der Waals surface area contributed by atoms with Crippen LogP contribution in [0.4, 0.5) is 0 Å². The number of esters is 1. The van der Waals surface area contributed by atoms with Gasteiger partial charge in [-0.25, -0.2) is 4.79 Å². The first-order chi connectivity index (χ1) is 10.7. The molecule has 0 radical (unpaired) electrons. The fraction of sp³-hybridized carbons (Fsp3) is 0.0588. The minimum absolute atomic E-state index is 0.345. The molecule has 0 unspecified atom stereocenters. The van der Waals surface area contributed by atoms with Crippen molar-refractivity contribution in [3.63, 3.8) is 0 Å². The van der Waals surface area contributed by atoms with Gasteiger partial charge in [-0.2, -0.15) is 0 Å². The molecule has 5 nitrogen and oxygen atoms in total. The van der Waals surface area contributed by atoms with Crippen LogP contribution in [-0.2, 0) is 9.59 Å². The predicted octanol–water partition coefficient (Wildman–Crippen LogP) is 2.99. The molecule has 0 bridgehead atoms. The molecule has 0 aliphatic rings. The lowest BCUT2D eigenvalue weighted by Gasteiger charge is -2.09. The van der Waals surface area contributed by atoms with E-state index in [1.807, 2.05) is 0 Å². The van der Waals surface area contributed by atoms with Gasteiger partial charge in [0.1, 0.15) is 5.75 Å². The van der Waals surface area contributed by atoms with Gasteiger partial charge >= 0.3 is 5.97 Å². The van der Waals surface area contributed by atoms with E-state index in [4.69, 9.17) is 14.2 Å². The highest BCUT2D eigenvalue weighted by atomic mass is 16.5. The summed E-state index contributed by atoms with van der Waals surface area (Å²) in [6.07, 6.45) is 1.10. The first-order valence-corrected chi connectivity index (χ1v) is 6.41. The number of hydrogen-bond donors (Lipinski definition) is 0. The maximum absolute atomic E-state index is 11.1. The fourth-order valence-corrected chi connectivity index (χ4v) is 1.87. The second-order valence-corrected chi connectivity index (χ2v) is 4.23. The second kappa shape index (κ2) is 7.08. The molecular formula is C17H14O5. The van der Waals surface area contributed by atoms with Crippen LogP contribution in [0.3, 0.4) is 0 Å². The van der Waals surface area contributed by atoms with Crippen LogP contribution in [-0.4, -0.2) is 19.6 Å². The van der Waals surface area contributed by atoms with Crippen LogP contribution in [0.5, 0.6) is 17.2 Å². The lowest BCUT2D eigenvalue weighted by Crippen LogP contribution is -2.02. The Kier molecular flexibility index (Phi) is 4.93. The van der Waals surface area contributed by atoms with E-state index >= 15 is 0 Å². The Morgan fingerprint density at radius 3 is 2.32 bits per heavy atom. The van der Waals surface area contributed by atoms with Gasteiger partial charge in [-0.1, -0.05) is 24.8 Å². The van der Waals surface area contributed by atoms with E-state index in [0.717, 1.165) is 17.2 Å². The lowest BCUT2D eigenvalue weighted by molar-refractivity contribution is -0.129. The molecule has 0 amide bonds. The van der Waals surface area contributed by atoms with Gasteiger partial charge < -0.3 is 14.2 Å². The Hall–Kier alpha value is -3.08. The summed E-state index contributed by atoms with van der Waals surface area (Å²) in [4.78, 5) is 21.5. The van der Waals surface area contributed by atoms with Crippen LogP contribution in [0.25, 0.3) is 11.1 Å². The Labute approximate surface area is 127 Å². The van der Waals surface area contributed by atoms with Crippen molar-refractivity contribution in [3.05, 3.63) is 55.1 Å². The summed E-state index contributed by atoms with van der Waals surface area (Å²) in [5, 5.41) is 0. The van der Waals surface area contributed by atoms with Crippen LogP contribution in [0.1, 0.15) is 0 Å². The molecule has 0 atom stereocenters. The highest BCUT2D eigenvalue weighted by molar-refractivity contribution is 5.83. The summed E-state index contributed by atoms with van der Waals surface area (Å²) in [6.45, 7) is 3.69. The molecule has 0 aliphatic heterocycles. The van der Waals surface area contributed by atoms with E-state index in [1.54, 1.807) is 42.5 Å². The summed E-state index contributed by atoms with van der Waals surface area (Å²) in [5.74, 6) is 0.718. The van der Waals surface area contributed by atoms with Crippen LogP contribution < -0.4 is 14.2 Å². The zero-order chi connectivity index (χ0) is 15.9. The zero-order valence-corrected chi connectivity index (χ0v) is 11.9. The van der Waals surface area contributed by atoms with Crippen molar-refractivity contribution in [2.45, 2.75) is 0 Å². The normalized spacial score (nSPS) is 9.68. The Balaban J connectivity index is 2.26. The average Bonchev–Trinajstić information content (AvgIpc) is 2.56. The van der Waals surface area contributed by atoms with E-state index in [0.29, 0.717) is 23.7 Å². The van der Waals surface area contributed by atoms with Gasteiger partial charge in [-0.3, -0.25) is 4.79 Å². The van der Waals surface area contributed by atoms with Crippen molar-refractivity contribution in [1.29, 1.82) is 0 Å². The molecule has 0 aliphatic carbocycles. The summed E-state index contributed by atoms with van der Waals surface area (Å²) in [5.41, 5.74) is 1.77. The molecule has 0 fully saturated rings. The monoisotopic (exact) mass is 298 g/mol. The van der Waals surface area contributed by atoms with Crippen LogP contribution in [0.2, 0.25) is 0 Å². The third-order valence-electron chi connectivity index (χ3n) is 2.91. The van der Waals surface area contributed by atoms with E-state index < -0.39 is 5.97 Å².